The molecule has 1 aliphatic carbocycles. The maximum atomic E-state index is 5.70. The van der Waals surface area contributed by atoms with Crippen molar-refractivity contribution >= 4 is 0 Å². The van der Waals surface area contributed by atoms with Crippen LogP contribution in [0.5, 0.6) is 0 Å². The summed E-state index contributed by atoms with van der Waals surface area (Å²) in [6.45, 7) is 7.98. The van der Waals surface area contributed by atoms with Crippen LogP contribution in [0, 0.1) is 5.41 Å². The number of rotatable bonds is 4. The highest BCUT2D eigenvalue weighted by Crippen LogP contribution is 2.22. The van der Waals surface area contributed by atoms with E-state index in [-0.39, 0.29) is 0 Å². The van der Waals surface area contributed by atoms with Crippen molar-refractivity contribution < 1.29 is 0 Å². The topological polar surface area (TPSA) is 38.0 Å². The molecule has 0 bridgehead atoms. The van der Waals surface area contributed by atoms with E-state index in [4.69, 9.17) is 5.73 Å². The molecule has 0 spiro atoms. The Morgan fingerprint density at radius 2 is 2.00 bits per heavy atom. The number of nitrogens with one attached hydrogen (secondary N) is 1. The SMILES string of the molecule is CCC(C)(C)CNC1CC(N)C1. The van der Waals surface area contributed by atoms with E-state index in [2.05, 4.69) is 26.1 Å². The molecule has 1 aliphatic rings. The average Bonchev–Trinajstić information content (AvgIpc) is 1.96. The molecule has 0 aromatic rings. The number of hydrogen-bond donors (Lipinski definition) is 2. The van der Waals surface area contributed by atoms with E-state index < -0.39 is 0 Å². The van der Waals surface area contributed by atoms with Crippen molar-refractivity contribution in [1.82, 2.24) is 5.32 Å². The summed E-state index contributed by atoms with van der Waals surface area (Å²) in [4.78, 5) is 0. The Kier molecular flexibility index (Phi) is 3.13. The molecule has 0 aromatic carbocycles. The highest BCUT2D eigenvalue weighted by atomic mass is 15.0. The van der Waals surface area contributed by atoms with Crippen molar-refractivity contribution in [2.45, 2.75) is 52.1 Å². The van der Waals surface area contributed by atoms with Crippen molar-refractivity contribution in [1.29, 1.82) is 0 Å². The van der Waals surface area contributed by atoms with Gasteiger partial charge in [0.05, 0.1) is 0 Å². The highest BCUT2D eigenvalue weighted by molar-refractivity contribution is 4.88. The molecule has 2 nitrogen and oxygen atoms in total. The van der Waals surface area contributed by atoms with Crippen LogP contribution in [0.3, 0.4) is 0 Å². The van der Waals surface area contributed by atoms with Crippen LogP contribution in [0.1, 0.15) is 40.0 Å². The molecule has 0 atom stereocenters. The molecular weight excluding hydrogens is 148 g/mol. The van der Waals surface area contributed by atoms with Crippen molar-refractivity contribution in [3.63, 3.8) is 0 Å². The molecule has 0 heterocycles. The molecule has 0 saturated heterocycles. The summed E-state index contributed by atoms with van der Waals surface area (Å²) >= 11 is 0. The third kappa shape index (κ3) is 2.76. The van der Waals surface area contributed by atoms with E-state index in [1.807, 2.05) is 0 Å². The zero-order valence-corrected chi connectivity index (χ0v) is 8.56. The predicted molar refractivity (Wildman–Crippen MR) is 53.1 cm³/mol. The van der Waals surface area contributed by atoms with Crippen molar-refractivity contribution in [2.24, 2.45) is 11.1 Å². The predicted octanol–water partition coefficient (Wildman–Crippen LogP) is 1.50. The van der Waals surface area contributed by atoms with Gasteiger partial charge in [0.1, 0.15) is 0 Å². The molecular formula is C10H22N2. The zero-order valence-electron chi connectivity index (χ0n) is 8.56. The molecule has 0 aliphatic heterocycles. The van der Waals surface area contributed by atoms with Gasteiger partial charge >= 0.3 is 0 Å². The summed E-state index contributed by atoms with van der Waals surface area (Å²) in [6, 6.07) is 1.16. The van der Waals surface area contributed by atoms with Gasteiger partial charge in [-0.25, -0.2) is 0 Å². The molecule has 0 amide bonds. The molecule has 72 valence electrons. The van der Waals surface area contributed by atoms with Gasteiger partial charge in [0, 0.05) is 18.6 Å². The molecule has 0 radical (unpaired) electrons. The Bertz CT molecular complexity index is 137. The normalized spacial score (nSPS) is 30.0. The van der Waals surface area contributed by atoms with Gasteiger partial charge in [0.25, 0.3) is 0 Å². The fraction of sp³-hybridized carbons (Fsp3) is 1.00. The fourth-order valence-corrected chi connectivity index (χ4v) is 1.37. The number of nitrogens with two attached hydrogens (primary N) is 1. The summed E-state index contributed by atoms with van der Waals surface area (Å²) in [5.41, 5.74) is 6.14. The smallest absolute Gasteiger partial charge is 0.00967 e. The lowest BCUT2D eigenvalue weighted by Crippen LogP contribution is -2.50. The van der Waals surface area contributed by atoms with Gasteiger partial charge in [0.2, 0.25) is 0 Å². The molecule has 12 heavy (non-hydrogen) atoms. The van der Waals surface area contributed by atoms with Crippen LogP contribution in [-0.4, -0.2) is 18.6 Å². The first-order valence-electron chi connectivity index (χ1n) is 5.02. The second kappa shape index (κ2) is 3.75. The van der Waals surface area contributed by atoms with Gasteiger partial charge < -0.3 is 11.1 Å². The molecule has 1 saturated carbocycles. The summed E-state index contributed by atoms with van der Waals surface area (Å²) in [7, 11) is 0. The van der Waals surface area contributed by atoms with E-state index in [0.29, 0.717) is 17.5 Å². The van der Waals surface area contributed by atoms with Crippen LogP contribution in [0.25, 0.3) is 0 Å². The largest absolute Gasteiger partial charge is 0.328 e. The van der Waals surface area contributed by atoms with Gasteiger partial charge in [-0.05, 0) is 24.7 Å². The van der Waals surface area contributed by atoms with Gasteiger partial charge in [0.15, 0.2) is 0 Å². The van der Waals surface area contributed by atoms with Crippen LogP contribution in [0.2, 0.25) is 0 Å². The van der Waals surface area contributed by atoms with E-state index in [0.717, 1.165) is 6.54 Å². The number of hydrogen-bond acceptors (Lipinski definition) is 2. The molecule has 0 aromatic heterocycles. The van der Waals surface area contributed by atoms with Crippen LogP contribution < -0.4 is 11.1 Å². The van der Waals surface area contributed by atoms with Crippen LogP contribution in [0.15, 0.2) is 0 Å². The minimum Gasteiger partial charge on any atom is -0.328 e. The summed E-state index contributed by atoms with van der Waals surface area (Å²) in [5.74, 6) is 0. The van der Waals surface area contributed by atoms with Gasteiger partial charge in [-0.15, -0.1) is 0 Å². The minimum absolute atomic E-state index is 0.444. The van der Waals surface area contributed by atoms with Crippen molar-refractivity contribution in [3.05, 3.63) is 0 Å². The third-order valence-electron chi connectivity index (χ3n) is 3.00. The third-order valence-corrected chi connectivity index (χ3v) is 3.00. The van der Waals surface area contributed by atoms with E-state index in [1.165, 1.54) is 19.3 Å². The lowest BCUT2D eigenvalue weighted by Gasteiger charge is -2.36. The molecule has 1 fully saturated rings. The van der Waals surface area contributed by atoms with Crippen molar-refractivity contribution in [3.8, 4) is 0 Å². The zero-order chi connectivity index (χ0) is 9.19. The first-order chi connectivity index (χ1) is 5.53. The van der Waals surface area contributed by atoms with E-state index >= 15 is 0 Å². The molecule has 3 N–H and O–H groups in total. The Balaban J connectivity index is 2.10. The fourth-order valence-electron chi connectivity index (χ4n) is 1.37. The van der Waals surface area contributed by atoms with Crippen LogP contribution in [0.4, 0.5) is 0 Å². The molecule has 0 unspecified atom stereocenters. The van der Waals surface area contributed by atoms with E-state index in [1.54, 1.807) is 0 Å². The summed E-state index contributed by atoms with van der Waals surface area (Å²) < 4.78 is 0. The average molecular weight is 170 g/mol. The van der Waals surface area contributed by atoms with Gasteiger partial charge in [-0.2, -0.15) is 0 Å². The maximum absolute atomic E-state index is 5.70. The van der Waals surface area contributed by atoms with Gasteiger partial charge in [-0.1, -0.05) is 20.8 Å². The lowest BCUT2D eigenvalue weighted by atomic mass is 9.85. The highest BCUT2D eigenvalue weighted by Gasteiger charge is 2.26. The quantitative estimate of drug-likeness (QED) is 0.671. The van der Waals surface area contributed by atoms with E-state index in [9.17, 15) is 0 Å². The second-order valence-electron chi connectivity index (χ2n) is 4.83. The molecule has 2 heteroatoms. The molecule has 1 rings (SSSR count). The Labute approximate surface area is 75.9 Å². The Morgan fingerprint density at radius 1 is 1.42 bits per heavy atom. The maximum Gasteiger partial charge on any atom is 0.00967 e. The lowest BCUT2D eigenvalue weighted by molar-refractivity contribution is 0.240. The van der Waals surface area contributed by atoms with Crippen LogP contribution >= 0.6 is 0 Å². The van der Waals surface area contributed by atoms with Crippen LogP contribution in [-0.2, 0) is 0 Å². The first-order valence-corrected chi connectivity index (χ1v) is 5.02. The minimum atomic E-state index is 0.444. The summed E-state index contributed by atoms with van der Waals surface area (Å²) in [6.07, 6.45) is 3.57. The summed E-state index contributed by atoms with van der Waals surface area (Å²) in [5, 5.41) is 3.56. The second-order valence-corrected chi connectivity index (χ2v) is 4.83. The van der Waals surface area contributed by atoms with Crippen molar-refractivity contribution in [2.75, 3.05) is 6.54 Å². The standard InChI is InChI=1S/C10H22N2/c1-4-10(2,3)7-12-9-5-8(11)6-9/h8-9,12H,4-7,11H2,1-3H3. The Hall–Kier alpha value is -0.0800. The monoisotopic (exact) mass is 170 g/mol. The van der Waals surface area contributed by atoms with Gasteiger partial charge in [-0.3, -0.25) is 0 Å². The first kappa shape index (κ1) is 10.0. The Morgan fingerprint density at radius 3 is 2.42 bits per heavy atom.